The molecule has 3 amide bonds. The van der Waals surface area contributed by atoms with E-state index < -0.39 is 12.2 Å². The molecule has 2 heterocycles. The van der Waals surface area contributed by atoms with Gasteiger partial charge in [0.05, 0.1) is 0 Å². The summed E-state index contributed by atoms with van der Waals surface area (Å²) in [6.07, 6.45) is 1.55. The van der Waals surface area contributed by atoms with Crippen molar-refractivity contribution in [3.05, 3.63) is 71.8 Å². The fourth-order valence-corrected chi connectivity index (χ4v) is 4.89. The molecule has 0 aromatic heterocycles. The van der Waals surface area contributed by atoms with Gasteiger partial charge in [-0.25, -0.2) is 9.79 Å². The van der Waals surface area contributed by atoms with Crippen LogP contribution in [0.4, 0.5) is 4.79 Å². The molecule has 2 aromatic carbocycles. The van der Waals surface area contributed by atoms with Gasteiger partial charge in [0.15, 0.2) is 17.4 Å². The summed E-state index contributed by atoms with van der Waals surface area (Å²) in [5.41, 5.74) is 2.44. The number of hydrogen-bond donors (Lipinski definition) is 0. The van der Waals surface area contributed by atoms with Crippen LogP contribution in [0, 0.1) is 0 Å². The summed E-state index contributed by atoms with van der Waals surface area (Å²) in [5.74, 6) is 0.711. The Hall–Kier alpha value is -2.80. The Bertz CT molecular complexity index is 935. The van der Waals surface area contributed by atoms with Gasteiger partial charge < -0.3 is 9.80 Å². The molecule has 1 saturated heterocycles. The Balaban J connectivity index is 1.50. The molecular formula is C23H26N4O2S. The predicted molar refractivity (Wildman–Crippen MR) is 120 cm³/mol. The van der Waals surface area contributed by atoms with E-state index in [1.807, 2.05) is 24.3 Å². The molecule has 30 heavy (non-hydrogen) atoms. The lowest BCUT2D eigenvalue weighted by molar-refractivity contribution is -0.136. The van der Waals surface area contributed by atoms with E-state index in [-0.39, 0.29) is 11.9 Å². The highest BCUT2D eigenvalue weighted by molar-refractivity contribution is 8.13. The number of hydrogen-bond acceptors (Lipinski definition) is 5. The van der Waals surface area contributed by atoms with Gasteiger partial charge in [0, 0.05) is 26.4 Å². The quantitative estimate of drug-likeness (QED) is 0.669. The third-order valence-corrected chi connectivity index (χ3v) is 6.65. The van der Waals surface area contributed by atoms with E-state index in [9.17, 15) is 9.59 Å². The van der Waals surface area contributed by atoms with Gasteiger partial charge in [-0.15, -0.1) is 0 Å². The van der Waals surface area contributed by atoms with Crippen LogP contribution >= 0.6 is 11.8 Å². The number of carbonyl (C=O) groups is 2. The number of benzene rings is 2. The average molecular weight is 423 g/mol. The number of nitrogens with zero attached hydrogens (tertiary/aromatic N) is 4. The van der Waals surface area contributed by atoms with Gasteiger partial charge in [-0.1, -0.05) is 72.4 Å². The van der Waals surface area contributed by atoms with Crippen molar-refractivity contribution >= 4 is 28.9 Å². The van der Waals surface area contributed by atoms with E-state index in [0.29, 0.717) is 6.54 Å². The first-order valence-electron chi connectivity index (χ1n) is 10.2. The number of likely N-dealkylation sites (N-methyl/N-ethyl adjacent to an activating group) is 2. The molecule has 0 saturated carbocycles. The molecule has 4 rings (SSSR count). The summed E-state index contributed by atoms with van der Waals surface area (Å²) in [7, 11) is 3.26. The summed E-state index contributed by atoms with van der Waals surface area (Å²) in [6, 6.07) is 19.7. The van der Waals surface area contributed by atoms with Crippen LogP contribution in [0.25, 0.3) is 0 Å². The van der Waals surface area contributed by atoms with Crippen molar-refractivity contribution in [1.82, 2.24) is 14.7 Å². The van der Waals surface area contributed by atoms with Crippen LogP contribution in [0.5, 0.6) is 0 Å². The molecule has 2 unspecified atom stereocenters. The summed E-state index contributed by atoms with van der Waals surface area (Å²) >= 11 is 1.67. The minimum absolute atomic E-state index is 0.192. The summed E-state index contributed by atoms with van der Waals surface area (Å²) in [6.45, 7) is 0.591. The Morgan fingerprint density at radius 3 is 2.23 bits per heavy atom. The van der Waals surface area contributed by atoms with Crippen LogP contribution in [0.1, 0.15) is 17.5 Å². The highest BCUT2D eigenvalue weighted by Crippen LogP contribution is 2.32. The second-order valence-electron chi connectivity index (χ2n) is 7.61. The highest BCUT2D eigenvalue weighted by Gasteiger charge is 2.50. The van der Waals surface area contributed by atoms with Crippen molar-refractivity contribution in [3.8, 4) is 0 Å². The third kappa shape index (κ3) is 4.07. The second kappa shape index (κ2) is 8.92. The number of aliphatic imine (C=N–C) groups is 1. The van der Waals surface area contributed by atoms with Crippen LogP contribution in [-0.2, 0) is 17.8 Å². The van der Waals surface area contributed by atoms with Crippen molar-refractivity contribution in [2.45, 2.75) is 31.6 Å². The van der Waals surface area contributed by atoms with E-state index in [1.54, 1.807) is 30.8 Å². The van der Waals surface area contributed by atoms with Crippen LogP contribution < -0.4 is 0 Å². The maximum absolute atomic E-state index is 13.0. The Labute approximate surface area is 181 Å². The Morgan fingerprint density at radius 1 is 0.933 bits per heavy atom. The molecule has 1 fully saturated rings. The fourth-order valence-electron chi connectivity index (χ4n) is 3.89. The number of aryl methyl sites for hydroxylation is 1. The van der Waals surface area contributed by atoms with Crippen molar-refractivity contribution < 1.29 is 9.59 Å². The number of urea groups is 1. The monoisotopic (exact) mass is 422 g/mol. The van der Waals surface area contributed by atoms with Crippen LogP contribution in [0.2, 0.25) is 0 Å². The van der Waals surface area contributed by atoms with Crippen molar-refractivity contribution in [3.63, 3.8) is 0 Å². The number of amides is 3. The van der Waals surface area contributed by atoms with Gasteiger partial charge in [0.1, 0.15) is 0 Å². The largest absolute Gasteiger partial charge is 0.331 e. The van der Waals surface area contributed by atoms with E-state index in [0.717, 1.165) is 29.3 Å². The number of imide groups is 1. The molecule has 2 aromatic rings. The van der Waals surface area contributed by atoms with Crippen LogP contribution in [0.15, 0.2) is 65.7 Å². The van der Waals surface area contributed by atoms with Gasteiger partial charge in [-0.2, -0.15) is 0 Å². The smallest absolute Gasteiger partial charge is 0.328 e. The number of rotatable bonds is 6. The first-order valence-corrected chi connectivity index (χ1v) is 11.1. The Morgan fingerprint density at radius 2 is 1.57 bits per heavy atom. The van der Waals surface area contributed by atoms with Gasteiger partial charge in [-0.05, 0) is 24.0 Å². The number of amidine groups is 1. The zero-order valence-corrected chi connectivity index (χ0v) is 18.1. The summed E-state index contributed by atoms with van der Waals surface area (Å²) < 4.78 is 0. The number of thioether (sulfide) groups is 1. The van der Waals surface area contributed by atoms with Crippen molar-refractivity contribution in [2.75, 3.05) is 19.8 Å². The minimum atomic E-state index is -0.477. The SMILES string of the molecule is CN1C(=O)C2C(N=C(SCCCc3ccccc3)N2Cc2ccccc2)N(C)C1=O. The Kier molecular flexibility index (Phi) is 6.08. The van der Waals surface area contributed by atoms with Crippen LogP contribution in [-0.4, -0.2) is 63.9 Å². The lowest BCUT2D eigenvalue weighted by atomic mass is 10.1. The first-order chi connectivity index (χ1) is 14.6. The zero-order valence-electron chi connectivity index (χ0n) is 17.3. The molecule has 156 valence electrons. The molecule has 0 bridgehead atoms. The molecule has 0 spiro atoms. The predicted octanol–water partition coefficient (Wildman–Crippen LogP) is 3.44. The summed E-state index contributed by atoms with van der Waals surface area (Å²) in [5, 5.41) is 0.838. The van der Waals surface area contributed by atoms with Gasteiger partial charge >= 0.3 is 6.03 Å². The number of fused-ring (bicyclic) bond motifs is 1. The molecule has 2 atom stereocenters. The maximum atomic E-state index is 13.0. The van der Waals surface area contributed by atoms with E-state index in [2.05, 4.69) is 41.3 Å². The molecule has 0 aliphatic carbocycles. The van der Waals surface area contributed by atoms with Crippen molar-refractivity contribution in [1.29, 1.82) is 0 Å². The minimum Gasteiger partial charge on any atom is -0.331 e. The molecule has 7 heteroatoms. The first kappa shape index (κ1) is 20.5. The van der Waals surface area contributed by atoms with Crippen molar-refractivity contribution in [2.24, 2.45) is 4.99 Å². The molecule has 0 N–H and O–H groups in total. The van der Waals surface area contributed by atoms with E-state index >= 15 is 0 Å². The van der Waals surface area contributed by atoms with Crippen LogP contribution in [0.3, 0.4) is 0 Å². The average Bonchev–Trinajstić information content (AvgIpc) is 3.13. The standard InChI is InChI=1S/C23H26N4O2S/c1-25-20-19(21(28)26(2)23(25)29)27(16-18-12-7-4-8-13-18)22(24-20)30-15-9-14-17-10-5-3-6-11-17/h3-8,10-13,19-20H,9,14-16H2,1-2H3. The van der Waals surface area contributed by atoms with E-state index in [4.69, 9.17) is 4.99 Å². The third-order valence-electron chi connectivity index (χ3n) is 5.56. The van der Waals surface area contributed by atoms with Gasteiger partial charge in [0.2, 0.25) is 0 Å². The molecule has 2 aliphatic heterocycles. The van der Waals surface area contributed by atoms with E-state index in [1.165, 1.54) is 10.5 Å². The number of carbonyl (C=O) groups excluding carboxylic acids is 2. The topological polar surface area (TPSA) is 56.2 Å². The normalized spacial score (nSPS) is 21.1. The molecular weight excluding hydrogens is 396 g/mol. The fraction of sp³-hybridized carbons (Fsp3) is 0.348. The molecule has 0 radical (unpaired) electrons. The zero-order chi connectivity index (χ0) is 21.1. The van der Waals surface area contributed by atoms with Gasteiger partial charge in [0.25, 0.3) is 5.91 Å². The van der Waals surface area contributed by atoms with Gasteiger partial charge in [-0.3, -0.25) is 9.69 Å². The highest BCUT2D eigenvalue weighted by atomic mass is 32.2. The second-order valence-corrected chi connectivity index (χ2v) is 8.67. The lowest BCUT2D eigenvalue weighted by Gasteiger charge is -2.40. The molecule has 6 nitrogen and oxygen atoms in total. The maximum Gasteiger partial charge on any atom is 0.328 e. The lowest BCUT2D eigenvalue weighted by Crippen LogP contribution is -2.63. The molecule has 2 aliphatic rings. The summed E-state index contributed by atoms with van der Waals surface area (Å²) in [4.78, 5) is 35.0.